The maximum atomic E-state index is 6.16. The summed E-state index contributed by atoms with van der Waals surface area (Å²) in [4.78, 5) is 0. The van der Waals surface area contributed by atoms with Gasteiger partial charge < -0.3 is 10.5 Å². The number of nitrogens with two attached hydrogens (primary N) is 1. The quantitative estimate of drug-likeness (QED) is 0.905. The minimum Gasteiger partial charge on any atom is -0.496 e. The highest BCUT2D eigenvalue weighted by molar-refractivity contribution is 9.10. The molecule has 0 spiro atoms. The molecule has 1 atom stereocenters. The van der Waals surface area contributed by atoms with Crippen LogP contribution in [0, 0.1) is 0 Å². The van der Waals surface area contributed by atoms with E-state index in [9.17, 15) is 0 Å². The van der Waals surface area contributed by atoms with Gasteiger partial charge in [-0.25, -0.2) is 0 Å². The van der Waals surface area contributed by atoms with Gasteiger partial charge in [0.2, 0.25) is 0 Å². The van der Waals surface area contributed by atoms with E-state index in [0.717, 1.165) is 22.2 Å². The van der Waals surface area contributed by atoms with Crippen LogP contribution in [0.15, 0.2) is 34.5 Å². The standard InChI is InChI=1S/C11H11BrClNO/c12-8-4-1-3-7(10(8)13)11(14)9-5-2-6-15-9/h1,3-5,11H,2,6,14H2. The van der Waals surface area contributed by atoms with Crippen molar-refractivity contribution >= 4 is 27.5 Å². The maximum absolute atomic E-state index is 6.16. The highest BCUT2D eigenvalue weighted by atomic mass is 79.9. The molecule has 1 aliphatic heterocycles. The second-order valence-electron chi connectivity index (χ2n) is 3.36. The Morgan fingerprint density at radius 3 is 2.93 bits per heavy atom. The summed E-state index contributed by atoms with van der Waals surface area (Å²) >= 11 is 9.53. The van der Waals surface area contributed by atoms with Gasteiger partial charge in [-0.05, 0) is 33.6 Å². The summed E-state index contributed by atoms with van der Waals surface area (Å²) in [6.45, 7) is 0.717. The van der Waals surface area contributed by atoms with Gasteiger partial charge in [0.05, 0.1) is 17.7 Å². The van der Waals surface area contributed by atoms with Gasteiger partial charge in [-0.1, -0.05) is 23.7 Å². The third kappa shape index (κ3) is 2.19. The summed E-state index contributed by atoms with van der Waals surface area (Å²) in [5, 5.41) is 0.654. The molecule has 0 bridgehead atoms. The molecule has 0 radical (unpaired) electrons. The van der Waals surface area contributed by atoms with E-state index in [4.69, 9.17) is 22.1 Å². The van der Waals surface area contributed by atoms with E-state index in [2.05, 4.69) is 15.9 Å². The Morgan fingerprint density at radius 2 is 2.27 bits per heavy atom. The molecular formula is C11H11BrClNO. The zero-order valence-corrected chi connectivity index (χ0v) is 10.4. The molecule has 1 aliphatic rings. The summed E-state index contributed by atoms with van der Waals surface area (Å²) in [6, 6.07) is 5.46. The third-order valence-corrected chi connectivity index (χ3v) is 3.67. The van der Waals surface area contributed by atoms with Gasteiger partial charge in [-0.3, -0.25) is 0 Å². The van der Waals surface area contributed by atoms with Crippen LogP contribution in [0.25, 0.3) is 0 Å². The normalized spacial score (nSPS) is 17.1. The fourth-order valence-corrected chi connectivity index (χ4v) is 2.19. The highest BCUT2D eigenvalue weighted by Crippen LogP contribution is 2.33. The van der Waals surface area contributed by atoms with Crippen LogP contribution in [-0.2, 0) is 4.74 Å². The van der Waals surface area contributed by atoms with E-state index in [-0.39, 0.29) is 6.04 Å². The Kier molecular flexibility index (Phi) is 3.34. The lowest BCUT2D eigenvalue weighted by atomic mass is 10.1. The lowest BCUT2D eigenvalue weighted by molar-refractivity contribution is 0.225. The summed E-state index contributed by atoms with van der Waals surface area (Å²) in [5.41, 5.74) is 6.96. The molecule has 0 amide bonds. The Balaban J connectivity index is 2.32. The van der Waals surface area contributed by atoms with Crippen LogP contribution in [0.1, 0.15) is 18.0 Å². The van der Waals surface area contributed by atoms with E-state index in [1.54, 1.807) is 0 Å². The zero-order chi connectivity index (χ0) is 10.8. The second kappa shape index (κ2) is 4.56. The minimum atomic E-state index is -0.266. The molecule has 4 heteroatoms. The summed E-state index contributed by atoms with van der Waals surface area (Å²) in [7, 11) is 0. The monoisotopic (exact) mass is 287 g/mol. The molecule has 2 N–H and O–H groups in total. The van der Waals surface area contributed by atoms with Crippen molar-refractivity contribution in [3.05, 3.63) is 45.1 Å². The first-order chi connectivity index (χ1) is 7.20. The van der Waals surface area contributed by atoms with E-state index in [1.807, 2.05) is 24.3 Å². The van der Waals surface area contributed by atoms with Gasteiger partial charge >= 0.3 is 0 Å². The third-order valence-electron chi connectivity index (χ3n) is 2.36. The van der Waals surface area contributed by atoms with Crippen LogP contribution in [-0.4, -0.2) is 6.61 Å². The molecule has 0 aromatic heterocycles. The number of benzene rings is 1. The molecular weight excluding hydrogens is 277 g/mol. The lowest BCUT2D eigenvalue weighted by Gasteiger charge is -2.15. The lowest BCUT2D eigenvalue weighted by Crippen LogP contribution is -2.14. The molecule has 1 unspecified atom stereocenters. The smallest absolute Gasteiger partial charge is 0.113 e. The summed E-state index contributed by atoms with van der Waals surface area (Å²) in [6.07, 6.45) is 2.94. The number of halogens is 2. The van der Waals surface area contributed by atoms with Crippen molar-refractivity contribution in [1.29, 1.82) is 0 Å². The molecule has 1 heterocycles. The first-order valence-corrected chi connectivity index (χ1v) is 5.89. The van der Waals surface area contributed by atoms with Crippen molar-refractivity contribution < 1.29 is 4.74 Å². The average Bonchev–Trinajstić information content (AvgIpc) is 2.74. The molecule has 0 fully saturated rings. The number of hydrogen-bond donors (Lipinski definition) is 1. The Bertz CT molecular complexity index is 406. The van der Waals surface area contributed by atoms with Gasteiger partial charge in [-0.15, -0.1) is 0 Å². The number of ether oxygens (including phenoxy) is 1. The van der Waals surface area contributed by atoms with E-state index < -0.39 is 0 Å². The largest absolute Gasteiger partial charge is 0.496 e. The SMILES string of the molecule is NC(C1=CCCO1)c1cccc(Br)c1Cl. The van der Waals surface area contributed by atoms with Crippen LogP contribution in [0.5, 0.6) is 0 Å². The topological polar surface area (TPSA) is 35.2 Å². The van der Waals surface area contributed by atoms with Crippen molar-refractivity contribution in [1.82, 2.24) is 0 Å². The molecule has 0 saturated carbocycles. The molecule has 80 valence electrons. The maximum Gasteiger partial charge on any atom is 0.113 e. The number of rotatable bonds is 2. The van der Waals surface area contributed by atoms with Gasteiger partial charge in [0, 0.05) is 10.9 Å². The summed E-state index contributed by atoms with van der Waals surface area (Å²) in [5.74, 6) is 0.815. The highest BCUT2D eigenvalue weighted by Gasteiger charge is 2.19. The molecule has 2 rings (SSSR count). The van der Waals surface area contributed by atoms with Crippen molar-refractivity contribution in [2.45, 2.75) is 12.5 Å². The van der Waals surface area contributed by atoms with Crippen LogP contribution in [0.2, 0.25) is 5.02 Å². The van der Waals surface area contributed by atoms with E-state index in [0.29, 0.717) is 11.6 Å². The molecule has 1 aromatic rings. The van der Waals surface area contributed by atoms with Crippen LogP contribution < -0.4 is 5.73 Å². The van der Waals surface area contributed by atoms with Crippen molar-refractivity contribution in [2.75, 3.05) is 6.61 Å². The van der Waals surface area contributed by atoms with Crippen molar-refractivity contribution in [3.63, 3.8) is 0 Å². The fraction of sp³-hybridized carbons (Fsp3) is 0.273. The zero-order valence-electron chi connectivity index (χ0n) is 8.04. The van der Waals surface area contributed by atoms with Gasteiger partial charge in [0.25, 0.3) is 0 Å². The molecule has 1 aromatic carbocycles. The Labute approximate surface area is 102 Å². The average molecular weight is 289 g/mol. The Hall–Kier alpha value is -0.510. The molecule has 0 aliphatic carbocycles. The molecule has 15 heavy (non-hydrogen) atoms. The fourth-order valence-electron chi connectivity index (χ4n) is 1.57. The predicted molar refractivity (Wildman–Crippen MR) is 64.7 cm³/mol. The van der Waals surface area contributed by atoms with Gasteiger partial charge in [0.15, 0.2) is 0 Å². The summed E-state index contributed by atoms with van der Waals surface area (Å²) < 4.78 is 6.28. The minimum absolute atomic E-state index is 0.266. The first-order valence-electron chi connectivity index (χ1n) is 4.72. The number of hydrogen-bond acceptors (Lipinski definition) is 2. The van der Waals surface area contributed by atoms with E-state index in [1.165, 1.54) is 0 Å². The molecule has 2 nitrogen and oxygen atoms in total. The van der Waals surface area contributed by atoms with Crippen LogP contribution in [0.3, 0.4) is 0 Å². The van der Waals surface area contributed by atoms with Crippen LogP contribution >= 0.6 is 27.5 Å². The van der Waals surface area contributed by atoms with Crippen molar-refractivity contribution in [2.24, 2.45) is 5.73 Å². The van der Waals surface area contributed by atoms with Gasteiger partial charge in [0.1, 0.15) is 5.76 Å². The van der Waals surface area contributed by atoms with Crippen LogP contribution in [0.4, 0.5) is 0 Å². The Morgan fingerprint density at radius 1 is 1.47 bits per heavy atom. The van der Waals surface area contributed by atoms with E-state index >= 15 is 0 Å². The first kappa shape index (κ1) is 11.0. The predicted octanol–water partition coefficient (Wildman–Crippen LogP) is 3.41. The molecule has 0 saturated heterocycles. The van der Waals surface area contributed by atoms with Crippen molar-refractivity contribution in [3.8, 4) is 0 Å². The van der Waals surface area contributed by atoms with Gasteiger partial charge in [-0.2, -0.15) is 0 Å². The second-order valence-corrected chi connectivity index (χ2v) is 4.60.